The summed E-state index contributed by atoms with van der Waals surface area (Å²) >= 11 is 23.6. The predicted molar refractivity (Wildman–Crippen MR) is 88.2 cm³/mol. The molecule has 0 amide bonds. The second-order valence-corrected chi connectivity index (χ2v) is 6.12. The van der Waals surface area contributed by atoms with Crippen molar-refractivity contribution in [3.8, 4) is 5.69 Å². The summed E-state index contributed by atoms with van der Waals surface area (Å²) in [4.78, 5) is 3.13. The van der Waals surface area contributed by atoms with Gasteiger partial charge in [-0.3, -0.25) is 4.57 Å². The number of aryl methyl sites for hydroxylation is 1. The van der Waals surface area contributed by atoms with Gasteiger partial charge in [0.2, 0.25) is 0 Å². The lowest BCUT2D eigenvalue weighted by molar-refractivity contribution is 1.05. The number of aromatic nitrogens is 2. The van der Waals surface area contributed by atoms with Crippen LogP contribution in [0.1, 0.15) is 5.56 Å². The SMILES string of the molecule is Cc1ccc(Cl)cc1-n1c(=S)[nH]c2cc(Cl)c(Cl)cc21. The second-order valence-electron chi connectivity index (χ2n) is 4.48. The topological polar surface area (TPSA) is 20.7 Å². The average Bonchev–Trinajstić information content (AvgIpc) is 2.69. The molecule has 2 nitrogen and oxygen atoms in total. The zero-order chi connectivity index (χ0) is 14.4. The largest absolute Gasteiger partial charge is 0.330 e. The molecule has 102 valence electrons. The molecule has 0 bridgehead atoms. The molecule has 1 heterocycles. The van der Waals surface area contributed by atoms with Gasteiger partial charge in [0, 0.05) is 5.02 Å². The maximum absolute atomic E-state index is 6.11. The Morgan fingerprint density at radius 1 is 1.05 bits per heavy atom. The van der Waals surface area contributed by atoms with Gasteiger partial charge in [0.15, 0.2) is 4.77 Å². The number of imidazole rings is 1. The summed E-state index contributed by atoms with van der Waals surface area (Å²) in [6.07, 6.45) is 0. The van der Waals surface area contributed by atoms with Crippen LogP contribution in [0.15, 0.2) is 30.3 Å². The monoisotopic (exact) mass is 342 g/mol. The van der Waals surface area contributed by atoms with E-state index in [9.17, 15) is 0 Å². The first-order valence-corrected chi connectivity index (χ1v) is 7.38. The van der Waals surface area contributed by atoms with Gasteiger partial charge in [-0.2, -0.15) is 0 Å². The molecule has 1 N–H and O–H groups in total. The molecule has 20 heavy (non-hydrogen) atoms. The van der Waals surface area contributed by atoms with Crippen LogP contribution in [0, 0.1) is 11.7 Å². The third-order valence-electron chi connectivity index (χ3n) is 3.14. The van der Waals surface area contributed by atoms with E-state index < -0.39 is 0 Å². The smallest absolute Gasteiger partial charge is 0.182 e. The Hall–Kier alpha value is -1.000. The number of hydrogen-bond acceptors (Lipinski definition) is 1. The van der Waals surface area contributed by atoms with Gasteiger partial charge in [0.05, 0.1) is 26.8 Å². The molecule has 0 unspecified atom stereocenters. The molecule has 0 fully saturated rings. The summed E-state index contributed by atoms with van der Waals surface area (Å²) in [6, 6.07) is 9.25. The lowest BCUT2D eigenvalue weighted by atomic mass is 10.2. The molecular weight excluding hydrogens is 335 g/mol. The van der Waals surface area contributed by atoms with Crippen molar-refractivity contribution in [3.05, 3.63) is 55.7 Å². The van der Waals surface area contributed by atoms with Gasteiger partial charge < -0.3 is 4.98 Å². The van der Waals surface area contributed by atoms with Gasteiger partial charge in [-0.05, 0) is 49.0 Å². The van der Waals surface area contributed by atoms with E-state index in [0.717, 1.165) is 22.3 Å². The molecule has 0 saturated carbocycles. The first-order valence-electron chi connectivity index (χ1n) is 5.83. The van der Waals surface area contributed by atoms with Crippen LogP contribution < -0.4 is 0 Å². The van der Waals surface area contributed by atoms with Crippen LogP contribution in [0.3, 0.4) is 0 Å². The van der Waals surface area contributed by atoms with Crippen LogP contribution in [0.25, 0.3) is 16.7 Å². The zero-order valence-corrected chi connectivity index (χ0v) is 13.5. The number of halogens is 3. The van der Waals surface area contributed by atoms with E-state index in [0.29, 0.717) is 19.8 Å². The lowest BCUT2D eigenvalue weighted by Crippen LogP contribution is -1.97. The second kappa shape index (κ2) is 5.08. The van der Waals surface area contributed by atoms with Crippen molar-refractivity contribution in [3.63, 3.8) is 0 Å². The van der Waals surface area contributed by atoms with Gasteiger partial charge in [-0.1, -0.05) is 40.9 Å². The minimum atomic E-state index is 0.488. The van der Waals surface area contributed by atoms with Gasteiger partial charge in [-0.15, -0.1) is 0 Å². The highest BCUT2D eigenvalue weighted by atomic mass is 35.5. The van der Waals surface area contributed by atoms with Gasteiger partial charge >= 0.3 is 0 Å². The fraction of sp³-hybridized carbons (Fsp3) is 0.0714. The van der Waals surface area contributed by atoms with E-state index in [4.69, 9.17) is 47.0 Å². The van der Waals surface area contributed by atoms with Crippen molar-refractivity contribution in [2.75, 3.05) is 0 Å². The van der Waals surface area contributed by atoms with E-state index >= 15 is 0 Å². The van der Waals surface area contributed by atoms with E-state index in [2.05, 4.69) is 4.98 Å². The first kappa shape index (κ1) is 14.0. The van der Waals surface area contributed by atoms with Crippen molar-refractivity contribution >= 4 is 58.1 Å². The molecule has 0 aliphatic heterocycles. The Kier molecular flexibility index (Phi) is 3.55. The Balaban J connectivity index is 2.42. The van der Waals surface area contributed by atoms with Crippen LogP contribution in [-0.2, 0) is 0 Å². The van der Waals surface area contributed by atoms with Crippen LogP contribution in [0.4, 0.5) is 0 Å². The van der Waals surface area contributed by atoms with E-state index in [-0.39, 0.29) is 0 Å². The van der Waals surface area contributed by atoms with Crippen molar-refractivity contribution in [2.45, 2.75) is 6.92 Å². The maximum Gasteiger partial charge on any atom is 0.182 e. The minimum absolute atomic E-state index is 0.488. The molecule has 6 heteroatoms. The number of hydrogen-bond donors (Lipinski definition) is 1. The molecule has 0 aliphatic rings. The number of nitrogens with one attached hydrogen (secondary N) is 1. The molecule has 0 radical (unpaired) electrons. The normalized spacial score (nSPS) is 11.2. The average molecular weight is 344 g/mol. The number of rotatable bonds is 1. The highest BCUT2D eigenvalue weighted by Gasteiger charge is 2.11. The van der Waals surface area contributed by atoms with E-state index in [1.54, 1.807) is 12.1 Å². The summed E-state index contributed by atoms with van der Waals surface area (Å²) in [6.45, 7) is 2.00. The van der Waals surface area contributed by atoms with Gasteiger partial charge in [-0.25, -0.2) is 0 Å². The molecule has 0 spiro atoms. The molecular formula is C14H9Cl3N2S. The van der Waals surface area contributed by atoms with Crippen molar-refractivity contribution in [1.82, 2.24) is 9.55 Å². The van der Waals surface area contributed by atoms with Gasteiger partial charge in [0.1, 0.15) is 0 Å². The molecule has 3 rings (SSSR count). The Morgan fingerprint density at radius 2 is 1.75 bits per heavy atom. The zero-order valence-electron chi connectivity index (χ0n) is 10.4. The summed E-state index contributed by atoms with van der Waals surface area (Å²) in [7, 11) is 0. The number of aromatic amines is 1. The van der Waals surface area contributed by atoms with Gasteiger partial charge in [0.25, 0.3) is 0 Å². The Labute approximate surface area is 135 Å². The molecule has 1 aromatic heterocycles. The number of H-pyrrole nitrogens is 1. The standard InChI is InChI=1S/C14H9Cl3N2S/c1-7-2-3-8(15)4-12(7)19-13-6-10(17)9(16)5-11(13)18-14(19)20/h2-6H,1H3,(H,18,20). The number of nitrogens with zero attached hydrogens (tertiary/aromatic N) is 1. The molecule has 3 aromatic rings. The third kappa shape index (κ3) is 2.25. The predicted octanol–water partition coefficient (Wildman–Crippen LogP) is 5.96. The first-order chi connectivity index (χ1) is 9.47. The quantitative estimate of drug-likeness (QED) is 0.541. The molecule has 0 atom stereocenters. The summed E-state index contributed by atoms with van der Waals surface area (Å²) < 4.78 is 2.48. The van der Waals surface area contributed by atoms with Crippen molar-refractivity contribution < 1.29 is 0 Å². The highest BCUT2D eigenvalue weighted by Crippen LogP contribution is 2.30. The molecule has 2 aromatic carbocycles. The lowest BCUT2D eigenvalue weighted by Gasteiger charge is -2.09. The van der Waals surface area contributed by atoms with Crippen LogP contribution in [0.2, 0.25) is 15.1 Å². The highest BCUT2D eigenvalue weighted by molar-refractivity contribution is 7.71. The number of fused-ring (bicyclic) bond motifs is 1. The number of benzene rings is 2. The summed E-state index contributed by atoms with van der Waals surface area (Å²) in [5.41, 5.74) is 3.70. The summed E-state index contributed by atoms with van der Waals surface area (Å²) in [5.74, 6) is 0. The fourth-order valence-electron chi connectivity index (χ4n) is 2.16. The van der Waals surface area contributed by atoms with E-state index in [1.165, 1.54) is 0 Å². The van der Waals surface area contributed by atoms with Crippen molar-refractivity contribution in [2.24, 2.45) is 0 Å². The van der Waals surface area contributed by atoms with Crippen LogP contribution >= 0.6 is 47.0 Å². The summed E-state index contributed by atoms with van der Waals surface area (Å²) in [5, 5.41) is 1.63. The van der Waals surface area contributed by atoms with E-state index in [1.807, 2.05) is 29.7 Å². The van der Waals surface area contributed by atoms with Crippen LogP contribution in [0.5, 0.6) is 0 Å². The Morgan fingerprint density at radius 3 is 2.50 bits per heavy atom. The third-order valence-corrected chi connectivity index (χ3v) is 4.38. The Bertz CT molecular complexity index is 880. The van der Waals surface area contributed by atoms with Crippen molar-refractivity contribution in [1.29, 1.82) is 0 Å². The fourth-order valence-corrected chi connectivity index (χ4v) is 2.96. The minimum Gasteiger partial charge on any atom is -0.330 e. The van der Waals surface area contributed by atoms with Crippen LogP contribution in [-0.4, -0.2) is 9.55 Å². The molecule has 0 saturated heterocycles. The molecule has 0 aliphatic carbocycles. The maximum atomic E-state index is 6.11.